The first-order valence-corrected chi connectivity index (χ1v) is 10.8. The van der Waals surface area contributed by atoms with E-state index in [0.717, 1.165) is 0 Å². The molecule has 0 saturated carbocycles. The molecule has 0 aliphatic rings. The number of aliphatic imine (C=N–C) groups is 1. The van der Waals surface area contributed by atoms with E-state index in [1.54, 1.807) is 19.2 Å². The molecule has 2 rings (SSSR count). The number of rotatable bonds is 10. The van der Waals surface area contributed by atoms with Crippen LogP contribution in [0.2, 0.25) is 10.0 Å². The van der Waals surface area contributed by atoms with Crippen LogP contribution in [0.5, 0.6) is 5.88 Å². The van der Waals surface area contributed by atoms with Crippen molar-refractivity contribution >= 4 is 46.6 Å². The summed E-state index contributed by atoms with van der Waals surface area (Å²) >= 11 is 12.0. The third-order valence-electron chi connectivity index (χ3n) is 4.51. The molecule has 1 atom stereocenters. The first-order chi connectivity index (χ1) is 16.7. The standard InChI is InChI=1S/C21H21Cl2F2N7O3/c1-2-32(18(34)10-33)15(19(27)12-6-7-13(22)14(23)8-12)9-28-21(29-11-26)31-16-4-3-5-17(30-16)35-20(24)25/h3-8,15,20,27,33H,2,9-10H2,1H3,(H2,28,29,30,31). The van der Waals surface area contributed by atoms with Gasteiger partial charge in [0.05, 0.1) is 28.3 Å². The summed E-state index contributed by atoms with van der Waals surface area (Å²) in [6, 6.07) is 7.61. The molecular weight excluding hydrogens is 507 g/mol. The minimum Gasteiger partial charge on any atom is -0.417 e. The number of pyridine rings is 1. The second kappa shape index (κ2) is 13.4. The highest BCUT2D eigenvalue weighted by Gasteiger charge is 2.27. The number of nitriles is 1. The molecule has 0 radical (unpaired) electrons. The van der Waals surface area contributed by atoms with Crippen LogP contribution in [0.3, 0.4) is 0 Å². The number of guanidine groups is 1. The number of hydrogen-bond donors (Lipinski definition) is 4. The Balaban J connectivity index is 2.37. The Morgan fingerprint density at radius 3 is 2.69 bits per heavy atom. The van der Waals surface area contributed by atoms with Crippen LogP contribution >= 0.6 is 23.2 Å². The number of nitrogens with one attached hydrogen (secondary N) is 3. The monoisotopic (exact) mass is 527 g/mol. The SMILES string of the molecule is CCN(C(=O)CO)C(CN=C(NC#N)Nc1cccc(OC(F)F)n1)C(=N)c1ccc(Cl)c(Cl)c1. The number of aliphatic hydroxyl groups excluding tert-OH is 1. The van der Waals surface area contributed by atoms with Crippen molar-refractivity contribution in [3.8, 4) is 12.1 Å². The highest BCUT2D eigenvalue weighted by molar-refractivity contribution is 6.42. The molecule has 186 valence electrons. The molecule has 1 heterocycles. The Bertz CT molecular complexity index is 1130. The lowest BCUT2D eigenvalue weighted by atomic mass is 10.0. The number of benzene rings is 1. The van der Waals surface area contributed by atoms with Gasteiger partial charge in [-0.2, -0.15) is 19.0 Å². The van der Waals surface area contributed by atoms with E-state index in [2.05, 4.69) is 25.3 Å². The zero-order valence-electron chi connectivity index (χ0n) is 18.3. The second-order valence-electron chi connectivity index (χ2n) is 6.69. The van der Waals surface area contributed by atoms with Crippen molar-refractivity contribution in [2.24, 2.45) is 4.99 Å². The smallest absolute Gasteiger partial charge is 0.388 e. The van der Waals surface area contributed by atoms with E-state index in [4.69, 9.17) is 33.9 Å². The zero-order valence-corrected chi connectivity index (χ0v) is 19.8. The van der Waals surface area contributed by atoms with Crippen molar-refractivity contribution in [2.45, 2.75) is 19.6 Å². The molecule has 0 fully saturated rings. The fraction of sp³-hybridized carbons (Fsp3) is 0.286. The molecule has 1 aromatic heterocycles. The van der Waals surface area contributed by atoms with Crippen molar-refractivity contribution in [2.75, 3.05) is 25.0 Å². The van der Waals surface area contributed by atoms with Crippen molar-refractivity contribution in [3.63, 3.8) is 0 Å². The third-order valence-corrected chi connectivity index (χ3v) is 5.25. The van der Waals surface area contributed by atoms with Crippen molar-refractivity contribution in [1.82, 2.24) is 15.2 Å². The molecule has 1 unspecified atom stereocenters. The van der Waals surface area contributed by atoms with E-state index >= 15 is 0 Å². The van der Waals surface area contributed by atoms with Crippen LogP contribution in [0.15, 0.2) is 41.4 Å². The number of carbonyl (C=O) groups excluding carboxylic acids is 1. The van der Waals surface area contributed by atoms with Gasteiger partial charge in [0.25, 0.3) is 0 Å². The number of aromatic nitrogens is 1. The lowest BCUT2D eigenvalue weighted by Gasteiger charge is -2.30. The number of ether oxygens (including phenoxy) is 1. The van der Waals surface area contributed by atoms with Gasteiger partial charge in [0.15, 0.2) is 6.19 Å². The molecule has 0 spiro atoms. The van der Waals surface area contributed by atoms with Gasteiger partial charge in [-0.1, -0.05) is 35.3 Å². The summed E-state index contributed by atoms with van der Waals surface area (Å²) in [7, 11) is 0. The fourth-order valence-corrected chi connectivity index (χ4v) is 3.26. The number of anilines is 1. The molecule has 0 saturated heterocycles. The zero-order chi connectivity index (χ0) is 26.0. The van der Waals surface area contributed by atoms with Crippen LogP contribution < -0.4 is 15.4 Å². The molecule has 1 amide bonds. The minimum absolute atomic E-state index is 0.0412. The van der Waals surface area contributed by atoms with Gasteiger partial charge in [-0.3, -0.25) is 10.1 Å². The Hall–Kier alpha value is -3.53. The molecule has 10 nitrogen and oxygen atoms in total. The quantitative estimate of drug-likeness (QED) is 0.160. The van der Waals surface area contributed by atoms with Crippen LogP contribution in [0.1, 0.15) is 12.5 Å². The predicted molar refractivity (Wildman–Crippen MR) is 127 cm³/mol. The molecule has 14 heteroatoms. The summed E-state index contributed by atoms with van der Waals surface area (Å²) in [5, 5.41) is 32.6. The van der Waals surface area contributed by atoms with Gasteiger partial charge in [0.1, 0.15) is 12.4 Å². The lowest BCUT2D eigenvalue weighted by molar-refractivity contribution is -0.134. The molecule has 0 bridgehead atoms. The van der Waals surface area contributed by atoms with Crippen LogP contribution in [0.4, 0.5) is 14.6 Å². The minimum atomic E-state index is -3.07. The molecule has 1 aromatic carbocycles. The molecule has 2 aromatic rings. The maximum absolute atomic E-state index is 12.5. The summed E-state index contributed by atoms with van der Waals surface area (Å²) in [5.41, 5.74) is 0.322. The number of amides is 1. The van der Waals surface area contributed by atoms with E-state index in [0.29, 0.717) is 5.56 Å². The van der Waals surface area contributed by atoms with E-state index in [1.807, 2.05) is 0 Å². The normalized spacial score (nSPS) is 12.0. The molecule has 4 N–H and O–H groups in total. The Morgan fingerprint density at radius 1 is 1.34 bits per heavy atom. The lowest BCUT2D eigenvalue weighted by Crippen LogP contribution is -2.48. The number of aliphatic hydroxyl groups is 1. The summed E-state index contributed by atoms with van der Waals surface area (Å²) in [4.78, 5) is 21.7. The first-order valence-electron chi connectivity index (χ1n) is 10.0. The van der Waals surface area contributed by atoms with Gasteiger partial charge in [0.2, 0.25) is 17.7 Å². The highest BCUT2D eigenvalue weighted by Crippen LogP contribution is 2.24. The fourth-order valence-electron chi connectivity index (χ4n) is 2.97. The average Bonchev–Trinajstić information content (AvgIpc) is 2.82. The first kappa shape index (κ1) is 27.7. The topological polar surface area (TPSA) is 147 Å². The number of nitrogens with zero attached hydrogens (tertiary/aromatic N) is 4. The van der Waals surface area contributed by atoms with Crippen LogP contribution in [-0.2, 0) is 4.79 Å². The molecular formula is C21H21Cl2F2N7O3. The third kappa shape index (κ3) is 8.03. The van der Waals surface area contributed by atoms with Crippen LogP contribution in [-0.4, -0.2) is 64.9 Å². The summed E-state index contributed by atoms with van der Waals surface area (Å²) < 4.78 is 29.2. The van der Waals surface area contributed by atoms with E-state index in [-0.39, 0.29) is 46.5 Å². The molecule has 35 heavy (non-hydrogen) atoms. The van der Waals surface area contributed by atoms with Crippen molar-refractivity contribution in [1.29, 1.82) is 10.7 Å². The van der Waals surface area contributed by atoms with E-state index < -0.39 is 25.2 Å². The summed E-state index contributed by atoms with van der Waals surface area (Å²) in [5.74, 6) is -1.08. The van der Waals surface area contributed by atoms with Gasteiger partial charge < -0.3 is 25.5 Å². The largest absolute Gasteiger partial charge is 0.417 e. The maximum Gasteiger partial charge on any atom is 0.388 e. The summed E-state index contributed by atoms with van der Waals surface area (Å²) in [6.45, 7) is -2.27. The Labute approximate surface area is 209 Å². The molecule has 0 aliphatic carbocycles. The van der Waals surface area contributed by atoms with E-state index in [9.17, 15) is 18.7 Å². The van der Waals surface area contributed by atoms with Crippen LogP contribution in [0, 0.1) is 16.9 Å². The number of carbonyl (C=O) groups is 1. The van der Waals surface area contributed by atoms with E-state index in [1.165, 1.54) is 35.2 Å². The molecule has 0 aliphatic heterocycles. The number of alkyl halides is 2. The Morgan fingerprint density at radius 2 is 2.09 bits per heavy atom. The van der Waals surface area contributed by atoms with Gasteiger partial charge in [-0.15, -0.1) is 0 Å². The van der Waals surface area contributed by atoms with Crippen LogP contribution in [0.25, 0.3) is 0 Å². The number of halogens is 4. The van der Waals surface area contributed by atoms with Crippen molar-refractivity contribution < 1.29 is 23.4 Å². The van der Waals surface area contributed by atoms with Gasteiger partial charge in [-0.05, 0) is 30.7 Å². The van der Waals surface area contributed by atoms with Gasteiger partial charge >= 0.3 is 6.61 Å². The number of likely N-dealkylation sites (N-methyl/N-ethyl adjacent to an activating group) is 1. The number of hydrogen-bond acceptors (Lipinski definition) is 7. The predicted octanol–water partition coefficient (Wildman–Crippen LogP) is 3.11. The van der Waals surface area contributed by atoms with Crippen molar-refractivity contribution in [3.05, 3.63) is 52.0 Å². The Kier molecular flexibility index (Phi) is 10.6. The summed E-state index contributed by atoms with van der Waals surface area (Å²) in [6.07, 6.45) is 1.68. The van der Waals surface area contributed by atoms with Gasteiger partial charge in [0, 0.05) is 12.6 Å². The van der Waals surface area contributed by atoms with Gasteiger partial charge in [-0.25, -0.2) is 4.99 Å². The highest BCUT2D eigenvalue weighted by atomic mass is 35.5. The maximum atomic E-state index is 12.5. The average molecular weight is 528 g/mol. The second-order valence-corrected chi connectivity index (χ2v) is 7.50.